The average Bonchev–Trinajstić information content (AvgIpc) is 2.74. The molecule has 2 aliphatic rings. The molecule has 2 fully saturated rings. The number of hydrogen-bond donors (Lipinski definition) is 2. The maximum absolute atomic E-state index is 12.2. The van der Waals surface area contributed by atoms with E-state index in [4.69, 9.17) is 0 Å². The van der Waals surface area contributed by atoms with Crippen molar-refractivity contribution >= 4 is 10.2 Å². The van der Waals surface area contributed by atoms with Gasteiger partial charge in [-0.2, -0.15) is 12.7 Å². The molecular weight excluding hydrogens is 238 g/mol. The Morgan fingerprint density at radius 1 is 1.41 bits per heavy atom. The van der Waals surface area contributed by atoms with Gasteiger partial charge in [-0.1, -0.05) is 13.8 Å². The molecule has 5 nitrogen and oxygen atoms in total. The van der Waals surface area contributed by atoms with E-state index in [2.05, 4.69) is 10.0 Å². The van der Waals surface area contributed by atoms with Gasteiger partial charge >= 0.3 is 0 Å². The van der Waals surface area contributed by atoms with Crippen LogP contribution in [-0.4, -0.2) is 44.9 Å². The molecule has 2 saturated heterocycles. The van der Waals surface area contributed by atoms with E-state index in [0.29, 0.717) is 24.9 Å². The van der Waals surface area contributed by atoms with Gasteiger partial charge in [-0.25, -0.2) is 4.72 Å². The van der Waals surface area contributed by atoms with Gasteiger partial charge in [0.15, 0.2) is 0 Å². The SMILES string of the molecule is CC(C)CNS(=O)(=O)N1CCCC2CNCC21. The number of nitrogens with zero attached hydrogens (tertiary/aromatic N) is 1. The highest BCUT2D eigenvalue weighted by atomic mass is 32.2. The Labute approximate surface area is 104 Å². The molecular formula is C11H23N3O2S. The number of rotatable bonds is 4. The Morgan fingerprint density at radius 2 is 2.18 bits per heavy atom. The van der Waals surface area contributed by atoms with Gasteiger partial charge in [0.2, 0.25) is 0 Å². The Bertz CT molecular complexity index is 356. The van der Waals surface area contributed by atoms with Crippen molar-refractivity contribution in [2.24, 2.45) is 11.8 Å². The zero-order chi connectivity index (χ0) is 12.5. The molecule has 0 aromatic heterocycles. The van der Waals surface area contributed by atoms with E-state index in [1.54, 1.807) is 4.31 Å². The minimum Gasteiger partial charge on any atom is -0.315 e. The molecule has 2 atom stereocenters. The first-order valence-corrected chi connectivity index (χ1v) is 7.92. The fourth-order valence-corrected chi connectivity index (χ4v) is 4.36. The van der Waals surface area contributed by atoms with E-state index in [-0.39, 0.29) is 6.04 Å². The molecule has 6 heteroatoms. The maximum atomic E-state index is 12.2. The van der Waals surface area contributed by atoms with Gasteiger partial charge in [-0.15, -0.1) is 0 Å². The zero-order valence-electron chi connectivity index (χ0n) is 10.6. The van der Waals surface area contributed by atoms with Gasteiger partial charge in [0, 0.05) is 25.7 Å². The van der Waals surface area contributed by atoms with Gasteiger partial charge in [0.1, 0.15) is 0 Å². The number of fused-ring (bicyclic) bond motifs is 1. The second-order valence-corrected chi connectivity index (χ2v) is 7.19. The van der Waals surface area contributed by atoms with Crippen molar-refractivity contribution in [3.8, 4) is 0 Å². The number of piperidine rings is 1. The Morgan fingerprint density at radius 3 is 2.88 bits per heavy atom. The molecule has 2 rings (SSSR count). The Balaban J connectivity index is 2.04. The van der Waals surface area contributed by atoms with Crippen LogP contribution < -0.4 is 10.0 Å². The first-order chi connectivity index (χ1) is 8.00. The molecule has 2 aliphatic heterocycles. The molecule has 0 aliphatic carbocycles. The third kappa shape index (κ3) is 2.99. The highest BCUT2D eigenvalue weighted by molar-refractivity contribution is 7.87. The van der Waals surface area contributed by atoms with Crippen LogP contribution in [0.2, 0.25) is 0 Å². The molecule has 0 spiro atoms. The van der Waals surface area contributed by atoms with Gasteiger partial charge in [0.25, 0.3) is 10.2 Å². The quantitative estimate of drug-likeness (QED) is 0.758. The highest BCUT2D eigenvalue weighted by Crippen LogP contribution is 2.27. The third-order valence-electron chi connectivity index (χ3n) is 3.61. The topological polar surface area (TPSA) is 61.4 Å². The first-order valence-electron chi connectivity index (χ1n) is 6.48. The molecule has 0 amide bonds. The predicted molar refractivity (Wildman–Crippen MR) is 67.8 cm³/mol. The lowest BCUT2D eigenvalue weighted by molar-refractivity contribution is 0.215. The van der Waals surface area contributed by atoms with Crippen molar-refractivity contribution in [2.75, 3.05) is 26.2 Å². The van der Waals surface area contributed by atoms with Crippen molar-refractivity contribution in [1.29, 1.82) is 0 Å². The van der Waals surface area contributed by atoms with Crippen LogP contribution in [0.3, 0.4) is 0 Å². The fraction of sp³-hybridized carbons (Fsp3) is 1.00. The molecule has 100 valence electrons. The largest absolute Gasteiger partial charge is 0.315 e. The van der Waals surface area contributed by atoms with Crippen molar-refractivity contribution in [3.05, 3.63) is 0 Å². The van der Waals surface area contributed by atoms with Crippen molar-refractivity contribution in [1.82, 2.24) is 14.3 Å². The van der Waals surface area contributed by atoms with Crippen LogP contribution in [0.4, 0.5) is 0 Å². The lowest BCUT2D eigenvalue weighted by atomic mass is 9.94. The van der Waals surface area contributed by atoms with Crippen molar-refractivity contribution in [3.63, 3.8) is 0 Å². The minimum absolute atomic E-state index is 0.161. The van der Waals surface area contributed by atoms with Crippen LogP contribution >= 0.6 is 0 Å². The van der Waals surface area contributed by atoms with Gasteiger partial charge in [0.05, 0.1) is 0 Å². The lowest BCUT2D eigenvalue weighted by Crippen LogP contribution is -2.52. The van der Waals surface area contributed by atoms with Crippen LogP contribution in [0.5, 0.6) is 0 Å². The van der Waals surface area contributed by atoms with Crippen LogP contribution in [0.25, 0.3) is 0 Å². The van der Waals surface area contributed by atoms with Crippen LogP contribution in [0.15, 0.2) is 0 Å². The summed E-state index contributed by atoms with van der Waals surface area (Å²) in [5, 5.41) is 3.30. The molecule has 2 N–H and O–H groups in total. The summed E-state index contributed by atoms with van der Waals surface area (Å²) in [6.07, 6.45) is 2.12. The zero-order valence-corrected chi connectivity index (χ0v) is 11.5. The molecule has 0 radical (unpaired) electrons. The molecule has 0 aromatic carbocycles. The van der Waals surface area contributed by atoms with Crippen molar-refractivity contribution < 1.29 is 8.42 Å². The summed E-state index contributed by atoms with van der Waals surface area (Å²) in [6, 6.07) is 0.161. The monoisotopic (exact) mass is 261 g/mol. The molecule has 0 saturated carbocycles. The van der Waals surface area contributed by atoms with Crippen LogP contribution in [-0.2, 0) is 10.2 Å². The van der Waals surface area contributed by atoms with E-state index in [9.17, 15) is 8.42 Å². The lowest BCUT2D eigenvalue weighted by Gasteiger charge is -2.35. The highest BCUT2D eigenvalue weighted by Gasteiger charge is 2.40. The Kier molecular flexibility index (Phi) is 4.07. The molecule has 0 aromatic rings. The summed E-state index contributed by atoms with van der Waals surface area (Å²) in [6.45, 7) is 6.96. The van der Waals surface area contributed by atoms with Crippen molar-refractivity contribution in [2.45, 2.75) is 32.7 Å². The number of nitrogens with one attached hydrogen (secondary N) is 2. The second-order valence-electron chi connectivity index (χ2n) is 5.49. The van der Waals surface area contributed by atoms with E-state index >= 15 is 0 Å². The van der Waals surface area contributed by atoms with Crippen LogP contribution in [0.1, 0.15) is 26.7 Å². The average molecular weight is 261 g/mol. The second kappa shape index (κ2) is 5.22. The van der Waals surface area contributed by atoms with Gasteiger partial charge < -0.3 is 5.32 Å². The van der Waals surface area contributed by atoms with E-state index in [1.807, 2.05) is 13.8 Å². The van der Waals surface area contributed by atoms with E-state index in [1.165, 1.54) is 0 Å². The summed E-state index contributed by atoms with van der Waals surface area (Å²) >= 11 is 0. The molecule has 2 heterocycles. The summed E-state index contributed by atoms with van der Waals surface area (Å²) in [5.41, 5.74) is 0. The summed E-state index contributed by atoms with van der Waals surface area (Å²) in [5.74, 6) is 0.839. The first kappa shape index (κ1) is 13.3. The summed E-state index contributed by atoms with van der Waals surface area (Å²) in [4.78, 5) is 0. The normalized spacial score (nSPS) is 30.8. The van der Waals surface area contributed by atoms with E-state index < -0.39 is 10.2 Å². The molecule has 2 unspecified atom stereocenters. The summed E-state index contributed by atoms with van der Waals surface area (Å²) < 4.78 is 28.8. The minimum atomic E-state index is -3.29. The maximum Gasteiger partial charge on any atom is 0.279 e. The summed E-state index contributed by atoms with van der Waals surface area (Å²) in [7, 11) is -3.29. The predicted octanol–water partition coefficient (Wildman–Crippen LogP) is 0.161. The van der Waals surface area contributed by atoms with E-state index in [0.717, 1.165) is 25.9 Å². The third-order valence-corrected chi connectivity index (χ3v) is 5.21. The van der Waals surface area contributed by atoms with Gasteiger partial charge in [-0.05, 0) is 31.2 Å². The van der Waals surface area contributed by atoms with Gasteiger partial charge in [-0.3, -0.25) is 0 Å². The molecule has 0 bridgehead atoms. The fourth-order valence-electron chi connectivity index (χ4n) is 2.68. The molecule has 17 heavy (non-hydrogen) atoms. The van der Waals surface area contributed by atoms with Crippen LogP contribution in [0, 0.1) is 11.8 Å². The Hall–Kier alpha value is -0.170. The number of hydrogen-bond acceptors (Lipinski definition) is 3. The smallest absolute Gasteiger partial charge is 0.279 e. The standard InChI is InChI=1S/C11H23N3O2S/c1-9(2)6-13-17(15,16)14-5-3-4-10-7-12-8-11(10)14/h9-13H,3-8H2,1-2H3.